The highest BCUT2D eigenvalue weighted by molar-refractivity contribution is 9.09. The second kappa shape index (κ2) is 16.9. The lowest BCUT2D eigenvalue weighted by molar-refractivity contribution is -0.163. The fourth-order valence-electron chi connectivity index (χ4n) is 7.25. The van der Waals surface area contributed by atoms with Gasteiger partial charge in [-0.25, -0.2) is 0 Å². The minimum Gasteiger partial charge on any atom is -0.455 e. The Balaban J connectivity index is 1.70. The smallest absolute Gasteiger partial charge is 0.313 e. The fraction of sp³-hybridized carbons (Fsp3) is 0.600. The molecule has 0 aromatic heterocycles. The van der Waals surface area contributed by atoms with E-state index in [-0.39, 0.29) is 55.1 Å². The van der Waals surface area contributed by atoms with E-state index >= 15 is 0 Å². The van der Waals surface area contributed by atoms with Gasteiger partial charge < -0.3 is 34.4 Å². The van der Waals surface area contributed by atoms with Gasteiger partial charge in [-0.3, -0.25) is 19.2 Å². The lowest BCUT2D eigenvalue weighted by atomic mass is 9.70. The van der Waals surface area contributed by atoms with E-state index in [1.165, 1.54) is 12.0 Å². The minimum atomic E-state index is -1.26. The highest BCUT2D eigenvalue weighted by Crippen LogP contribution is 2.60. The number of alkyl halides is 1. The van der Waals surface area contributed by atoms with Crippen molar-refractivity contribution in [1.29, 1.82) is 0 Å². The molecular weight excluding hydrogens is 670 g/mol. The first-order valence-corrected chi connectivity index (χ1v) is 17.4. The van der Waals surface area contributed by atoms with Crippen LogP contribution in [0.2, 0.25) is 0 Å². The molecule has 0 aliphatic carbocycles. The molecule has 47 heavy (non-hydrogen) atoms. The number of amides is 3. The molecule has 0 saturated carbocycles. The number of methoxy groups -OCH3 is 1. The number of aliphatic hydroxyl groups is 1. The molecule has 0 radical (unpaired) electrons. The van der Waals surface area contributed by atoms with E-state index in [1.807, 2.05) is 25.1 Å². The zero-order valence-corrected chi connectivity index (χ0v) is 28.9. The quantitative estimate of drug-likeness (QED) is 0.127. The van der Waals surface area contributed by atoms with Crippen molar-refractivity contribution in [3.05, 3.63) is 61.2 Å². The number of fused-ring (bicyclic) bond motifs is 1. The molecule has 1 unspecified atom stereocenters. The monoisotopic (exact) mass is 717 g/mol. The van der Waals surface area contributed by atoms with Crippen LogP contribution in [0.5, 0.6) is 0 Å². The van der Waals surface area contributed by atoms with Crippen LogP contribution in [0.3, 0.4) is 0 Å². The van der Waals surface area contributed by atoms with Gasteiger partial charge in [0.15, 0.2) is 0 Å². The third-order valence-corrected chi connectivity index (χ3v) is 10.1. The van der Waals surface area contributed by atoms with Crippen LogP contribution in [0.1, 0.15) is 57.1 Å². The van der Waals surface area contributed by atoms with Gasteiger partial charge in [-0.05, 0) is 31.2 Å². The third-order valence-electron chi connectivity index (χ3n) is 9.30. The number of allylic oxidation sites excluding steroid dienone is 1. The summed E-state index contributed by atoms with van der Waals surface area (Å²) in [6.45, 7) is 10.4. The number of nitrogens with zero attached hydrogens (tertiary/aromatic N) is 2. The van der Waals surface area contributed by atoms with Gasteiger partial charge >= 0.3 is 5.97 Å². The lowest BCUT2D eigenvalue weighted by Gasteiger charge is -2.37. The van der Waals surface area contributed by atoms with Crippen molar-refractivity contribution in [3.8, 4) is 0 Å². The normalized spacial score (nSPS) is 27.2. The average Bonchev–Trinajstić information content (AvgIpc) is 3.66. The fourth-order valence-corrected chi connectivity index (χ4v) is 8.20. The minimum absolute atomic E-state index is 0.0625. The summed E-state index contributed by atoms with van der Waals surface area (Å²) in [6, 6.07) is 7.38. The van der Waals surface area contributed by atoms with Crippen molar-refractivity contribution >= 4 is 39.6 Å². The molecule has 4 rings (SSSR count). The first kappa shape index (κ1) is 36.8. The molecule has 3 saturated heterocycles. The maximum Gasteiger partial charge on any atom is 0.313 e. The van der Waals surface area contributed by atoms with Crippen LogP contribution in [0.4, 0.5) is 0 Å². The number of aliphatic hydroxyl groups excluding tert-OH is 1. The summed E-state index contributed by atoms with van der Waals surface area (Å²) < 4.78 is 18.3. The van der Waals surface area contributed by atoms with E-state index in [1.54, 1.807) is 29.2 Å². The Kier molecular flexibility index (Phi) is 13.2. The maximum atomic E-state index is 14.4. The summed E-state index contributed by atoms with van der Waals surface area (Å²) >= 11 is 3.71. The zero-order valence-electron chi connectivity index (χ0n) is 27.4. The van der Waals surface area contributed by atoms with Crippen molar-refractivity contribution in [2.45, 2.75) is 80.2 Å². The van der Waals surface area contributed by atoms with Gasteiger partial charge in [0.2, 0.25) is 17.7 Å². The number of carbonyl (C=O) groups is 4. The first-order valence-electron chi connectivity index (χ1n) is 16.5. The number of nitrogens with one attached hydrogen (secondary N) is 1. The predicted molar refractivity (Wildman–Crippen MR) is 179 cm³/mol. The lowest BCUT2D eigenvalue weighted by Crippen LogP contribution is -2.57. The molecule has 1 spiro atoms. The number of ether oxygens (including phenoxy) is 3. The molecule has 3 fully saturated rings. The summed E-state index contributed by atoms with van der Waals surface area (Å²) in [5.74, 6) is -3.49. The van der Waals surface area contributed by atoms with Gasteiger partial charge in [0.05, 0.1) is 30.6 Å². The molecule has 3 heterocycles. The molecule has 3 aliphatic rings. The number of likely N-dealkylation sites (tertiary alicyclic amines) is 1. The highest BCUT2D eigenvalue weighted by Gasteiger charge is 2.77. The van der Waals surface area contributed by atoms with E-state index < -0.39 is 47.7 Å². The number of hydrogen-bond donors (Lipinski definition) is 2. The average molecular weight is 719 g/mol. The molecule has 3 aliphatic heterocycles. The molecule has 1 aromatic carbocycles. The topological polar surface area (TPSA) is 135 Å². The van der Waals surface area contributed by atoms with E-state index in [0.29, 0.717) is 31.5 Å². The number of hydrogen-bond acceptors (Lipinski definition) is 8. The van der Waals surface area contributed by atoms with Crippen molar-refractivity contribution < 1.29 is 38.5 Å². The van der Waals surface area contributed by atoms with Crippen molar-refractivity contribution in [3.63, 3.8) is 0 Å². The van der Waals surface area contributed by atoms with Crippen LogP contribution in [0, 0.1) is 11.8 Å². The largest absolute Gasteiger partial charge is 0.455 e. The third kappa shape index (κ3) is 7.66. The van der Waals surface area contributed by atoms with Gasteiger partial charge in [0, 0.05) is 44.6 Å². The van der Waals surface area contributed by atoms with Crippen molar-refractivity contribution in [2.24, 2.45) is 11.8 Å². The molecule has 1 aromatic rings. The Morgan fingerprint density at radius 3 is 2.62 bits per heavy atom. The Hall–Kier alpha value is -3.06. The molecule has 2 N–H and O–H groups in total. The zero-order chi connectivity index (χ0) is 34.1. The number of esters is 1. The van der Waals surface area contributed by atoms with E-state index in [4.69, 9.17) is 14.2 Å². The summed E-state index contributed by atoms with van der Waals surface area (Å²) in [6.07, 6.45) is 4.64. The SMILES string of the molecule is C=CCCC(=O)N[C@@H](COC)[C@@H](OC(=O)[C@@H]1[C@H]2O[C@@]3(CC2Br)[C@H](C(=O)N(CC=C)CCCC)N(CCCO)C(=O)[C@@H]13)c1ccccc1. The van der Waals surface area contributed by atoms with Gasteiger partial charge in [0.25, 0.3) is 0 Å². The predicted octanol–water partition coefficient (Wildman–Crippen LogP) is 3.31. The second-order valence-corrected chi connectivity index (χ2v) is 13.6. The Morgan fingerprint density at radius 1 is 1.23 bits per heavy atom. The molecule has 258 valence electrons. The van der Waals surface area contributed by atoms with E-state index in [0.717, 1.165) is 12.8 Å². The Bertz CT molecular complexity index is 1280. The summed E-state index contributed by atoms with van der Waals surface area (Å²) in [7, 11) is 1.50. The van der Waals surface area contributed by atoms with Gasteiger partial charge in [-0.1, -0.05) is 71.8 Å². The molecule has 8 atom stereocenters. The van der Waals surface area contributed by atoms with Crippen molar-refractivity contribution in [2.75, 3.05) is 40.0 Å². The van der Waals surface area contributed by atoms with Crippen LogP contribution in [-0.4, -0.2) is 107 Å². The maximum absolute atomic E-state index is 14.4. The highest BCUT2D eigenvalue weighted by atomic mass is 79.9. The van der Waals surface area contributed by atoms with Gasteiger partial charge in [-0.15, -0.1) is 13.2 Å². The number of rotatable bonds is 19. The Morgan fingerprint density at radius 2 is 1.98 bits per heavy atom. The molecule has 2 bridgehead atoms. The Labute approximate surface area is 285 Å². The number of carbonyl (C=O) groups excluding carboxylic acids is 4. The van der Waals surface area contributed by atoms with Gasteiger partial charge in [-0.2, -0.15) is 0 Å². The summed E-state index contributed by atoms with van der Waals surface area (Å²) in [5, 5.41) is 12.6. The first-order chi connectivity index (χ1) is 22.7. The molecule has 12 heteroatoms. The second-order valence-electron chi connectivity index (χ2n) is 12.4. The number of halogens is 1. The van der Waals surface area contributed by atoms with Crippen LogP contribution in [0.25, 0.3) is 0 Å². The molecular formula is C35H48BrN3O8. The number of benzene rings is 1. The summed E-state index contributed by atoms with van der Waals surface area (Å²) in [5.41, 5.74) is -0.613. The summed E-state index contributed by atoms with van der Waals surface area (Å²) in [4.78, 5) is 58.7. The van der Waals surface area contributed by atoms with Crippen LogP contribution >= 0.6 is 15.9 Å². The van der Waals surface area contributed by atoms with Gasteiger partial charge in [0.1, 0.15) is 17.7 Å². The van der Waals surface area contributed by atoms with E-state index in [9.17, 15) is 24.3 Å². The number of unbranched alkanes of at least 4 members (excludes halogenated alkanes) is 1. The standard InChI is InChI=1S/C35H48BrN3O8/c1-5-8-16-26(41)37-25(22-45-4)29(23-14-11-10-12-15-23)46-34(44)27-28-32(42)39(19-13-20-40)31(35(28)21-24(36)30(27)47-35)33(43)38(17-7-3)18-9-6-2/h5,7,10-12,14-15,24-25,27-31,40H,1,3,6,8-9,13,16-22H2,2,4H3,(H,37,41)/t24?,25-,27-,28+,29-,30-,31-,35+/m0/s1. The molecule has 11 nitrogen and oxygen atoms in total. The van der Waals surface area contributed by atoms with Crippen LogP contribution in [0.15, 0.2) is 55.6 Å². The van der Waals surface area contributed by atoms with E-state index in [2.05, 4.69) is 34.4 Å². The van der Waals surface area contributed by atoms with Crippen LogP contribution in [-0.2, 0) is 33.4 Å². The molecule has 3 amide bonds. The van der Waals surface area contributed by atoms with Crippen molar-refractivity contribution in [1.82, 2.24) is 15.1 Å². The van der Waals surface area contributed by atoms with Crippen LogP contribution < -0.4 is 5.32 Å².